The van der Waals surface area contributed by atoms with Gasteiger partial charge in [0.25, 0.3) is 0 Å². The molecule has 1 rings (SSSR count). The number of hydrogen-bond acceptors (Lipinski definition) is 6. The first kappa shape index (κ1) is 28.3. The van der Waals surface area contributed by atoms with E-state index < -0.39 is 47.9 Å². The van der Waals surface area contributed by atoms with Crippen LogP contribution in [-0.4, -0.2) is 70.3 Å². The molecule has 7 N–H and O–H groups in total. The molecule has 6 atom stereocenters. The minimum absolute atomic E-state index is 0.0335. The maximum atomic E-state index is 13.1. The smallest absolute Gasteiger partial charge is 0.326 e. The Hall–Kier alpha value is -2.69. The number of aliphatic carboxylic acids is 1. The molecule has 0 aromatic rings. The molecule has 188 valence electrons. The molecule has 0 bridgehead atoms. The van der Waals surface area contributed by atoms with Gasteiger partial charge in [-0.15, -0.1) is 0 Å². The van der Waals surface area contributed by atoms with Crippen LogP contribution in [0.2, 0.25) is 0 Å². The summed E-state index contributed by atoms with van der Waals surface area (Å²) < 4.78 is 0. The number of carbonyl (C=O) groups excluding carboxylic acids is 4. The van der Waals surface area contributed by atoms with E-state index in [1.54, 1.807) is 6.92 Å². The zero-order valence-corrected chi connectivity index (χ0v) is 20.0. The van der Waals surface area contributed by atoms with Crippen LogP contribution in [0.15, 0.2) is 0 Å². The number of nitrogens with two attached hydrogens (primary N) is 2. The van der Waals surface area contributed by atoms with Gasteiger partial charge in [0, 0.05) is 13.0 Å². The molecule has 0 aromatic heterocycles. The van der Waals surface area contributed by atoms with Crippen molar-refractivity contribution >= 4 is 29.6 Å². The van der Waals surface area contributed by atoms with E-state index in [4.69, 9.17) is 11.5 Å². The van der Waals surface area contributed by atoms with Crippen LogP contribution in [0, 0.1) is 11.8 Å². The Bertz CT molecular complexity index is 730. The van der Waals surface area contributed by atoms with E-state index in [9.17, 15) is 29.1 Å². The summed E-state index contributed by atoms with van der Waals surface area (Å²) in [4.78, 5) is 62.8. The predicted molar refractivity (Wildman–Crippen MR) is 122 cm³/mol. The highest BCUT2D eigenvalue weighted by atomic mass is 16.4. The van der Waals surface area contributed by atoms with Crippen molar-refractivity contribution < 1.29 is 29.1 Å². The van der Waals surface area contributed by atoms with Crippen molar-refractivity contribution in [1.29, 1.82) is 0 Å². The van der Waals surface area contributed by atoms with Crippen LogP contribution in [0.5, 0.6) is 0 Å². The van der Waals surface area contributed by atoms with E-state index in [0.29, 0.717) is 25.8 Å². The molecule has 1 heterocycles. The lowest BCUT2D eigenvalue weighted by Crippen LogP contribution is -2.58. The second-order valence-corrected chi connectivity index (χ2v) is 8.88. The Morgan fingerprint density at radius 2 is 1.67 bits per heavy atom. The summed E-state index contributed by atoms with van der Waals surface area (Å²) in [7, 11) is 0. The van der Waals surface area contributed by atoms with E-state index in [-0.39, 0.29) is 30.6 Å². The summed E-state index contributed by atoms with van der Waals surface area (Å²) in [6.07, 6.45) is 2.02. The standard InChI is InChI=1S/C22H39N5O6/c1-5-12(3)17(24)21(31)27-11-7-8-15(27)19(29)26-18(13(4)6-2)20(30)25-14(22(32)33)9-10-16(23)28/h12-15,17-18H,5-11,24H2,1-4H3,(H2,23,28)(H,25,30)(H,26,29)(H,32,33). The molecule has 0 aromatic carbocycles. The lowest BCUT2D eigenvalue weighted by atomic mass is 9.96. The minimum Gasteiger partial charge on any atom is -0.480 e. The van der Waals surface area contributed by atoms with Gasteiger partial charge in [-0.25, -0.2) is 4.79 Å². The van der Waals surface area contributed by atoms with E-state index in [1.807, 2.05) is 20.8 Å². The van der Waals surface area contributed by atoms with Crippen LogP contribution in [0.1, 0.15) is 66.2 Å². The lowest BCUT2D eigenvalue weighted by Gasteiger charge is -2.31. The Morgan fingerprint density at radius 1 is 1.06 bits per heavy atom. The number of nitrogens with zero attached hydrogens (tertiary/aromatic N) is 1. The summed E-state index contributed by atoms with van der Waals surface area (Å²) in [6.45, 7) is 7.84. The van der Waals surface area contributed by atoms with Gasteiger partial charge in [-0.05, 0) is 31.1 Å². The SMILES string of the molecule is CCC(C)C(N)C(=O)N1CCCC1C(=O)NC(C(=O)NC(CCC(N)=O)C(=O)O)C(C)CC. The third kappa shape index (κ3) is 7.99. The van der Waals surface area contributed by atoms with Gasteiger partial charge < -0.3 is 32.1 Å². The highest BCUT2D eigenvalue weighted by Gasteiger charge is 2.39. The average Bonchev–Trinajstić information content (AvgIpc) is 3.27. The van der Waals surface area contributed by atoms with Crippen LogP contribution in [0.25, 0.3) is 0 Å². The fraction of sp³-hybridized carbons (Fsp3) is 0.773. The fourth-order valence-electron chi connectivity index (χ4n) is 3.75. The van der Waals surface area contributed by atoms with E-state index in [0.717, 1.165) is 6.42 Å². The summed E-state index contributed by atoms with van der Waals surface area (Å²) in [5.41, 5.74) is 11.2. The van der Waals surface area contributed by atoms with Crippen LogP contribution in [0.3, 0.4) is 0 Å². The zero-order chi connectivity index (χ0) is 25.3. The van der Waals surface area contributed by atoms with Crippen molar-refractivity contribution in [3.8, 4) is 0 Å². The number of carbonyl (C=O) groups is 5. The van der Waals surface area contributed by atoms with Gasteiger partial charge in [-0.1, -0.05) is 40.5 Å². The molecular weight excluding hydrogens is 430 g/mol. The molecule has 1 saturated heterocycles. The predicted octanol–water partition coefficient (Wildman–Crippen LogP) is -0.283. The van der Waals surface area contributed by atoms with Crippen LogP contribution >= 0.6 is 0 Å². The average molecular weight is 470 g/mol. The number of rotatable bonds is 13. The maximum absolute atomic E-state index is 13.1. The third-order valence-corrected chi connectivity index (χ3v) is 6.47. The van der Waals surface area contributed by atoms with Gasteiger partial charge in [0.05, 0.1) is 6.04 Å². The molecule has 0 saturated carbocycles. The number of amides is 4. The monoisotopic (exact) mass is 469 g/mol. The molecule has 33 heavy (non-hydrogen) atoms. The third-order valence-electron chi connectivity index (χ3n) is 6.47. The highest BCUT2D eigenvalue weighted by molar-refractivity contribution is 5.94. The number of hydrogen-bond donors (Lipinski definition) is 5. The maximum Gasteiger partial charge on any atom is 0.326 e. The molecule has 11 heteroatoms. The second-order valence-electron chi connectivity index (χ2n) is 8.88. The lowest BCUT2D eigenvalue weighted by molar-refractivity contribution is -0.144. The Labute approximate surface area is 195 Å². The minimum atomic E-state index is -1.31. The Balaban J connectivity index is 2.95. The van der Waals surface area contributed by atoms with E-state index in [2.05, 4.69) is 10.6 Å². The van der Waals surface area contributed by atoms with Crippen LogP contribution in [0.4, 0.5) is 0 Å². The van der Waals surface area contributed by atoms with E-state index in [1.165, 1.54) is 4.90 Å². The molecule has 0 spiro atoms. The van der Waals surface area contributed by atoms with Gasteiger partial charge in [0.1, 0.15) is 18.1 Å². The van der Waals surface area contributed by atoms with Gasteiger partial charge in [-0.3, -0.25) is 19.2 Å². The second kappa shape index (κ2) is 13.1. The van der Waals surface area contributed by atoms with Crippen LogP contribution < -0.4 is 22.1 Å². The largest absolute Gasteiger partial charge is 0.480 e. The molecule has 4 amide bonds. The number of nitrogens with one attached hydrogen (secondary N) is 2. The number of primary amides is 1. The van der Waals surface area contributed by atoms with Crippen molar-refractivity contribution in [3.63, 3.8) is 0 Å². The van der Waals surface area contributed by atoms with Crippen LogP contribution in [-0.2, 0) is 24.0 Å². The molecule has 1 aliphatic rings. The quantitative estimate of drug-likeness (QED) is 0.245. The van der Waals surface area contributed by atoms with Gasteiger partial charge in [0.15, 0.2) is 0 Å². The number of carboxylic acid groups (broad SMARTS) is 1. The first-order valence-corrected chi connectivity index (χ1v) is 11.6. The molecule has 0 radical (unpaired) electrons. The molecule has 11 nitrogen and oxygen atoms in total. The summed E-state index contributed by atoms with van der Waals surface area (Å²) in [5, 5.41) is 14.5. The van der Waals surface area contributed by atoms with Crippen molar-refractivity contribution in [3.05, 3.63) is 0 Å². The summed E-state index contributed by atoms with van der Waals surface area (Å²) in [5.74, 6) is -3.73. The Morgan fingerprint density at radius 3 is 2.18 bits per heavy atom. The van der Waals surface area contributed by atoms with Gasteiger partial charge in [-0.2, -0.15) is 0 Å². The topological polar surface area (TPSA) is 185 Å². The number of carboxylic acids is 1. The summed E-state index contributed by atoms with van der Waals surface area (Å²) >= 11 is 0. The molecule has 1 aliphatic heterocycles. The highest BCUT2D eigenvalue weighted by Crippen LogP contribution is 2.21. The molecule has 0 aliphatic carbocycles. The molecule has 1 fully saturated rings. The van der Waals surface area contributed by atoms with Crippen molar-refractivity contribution in [2.24, 2.45) is 23.3 Å². The molecular formula is C22H39N5O6. The fourth-order valence-corrected chi connectivity index (χ4v) is 3.75. The zero-order valence-electron chi connectivity index (χ0n) is 20.0. The summed E-state index contributed by atoms with van der Waals surface area (Å²) in [6, 6.07) is -3.76. The van der Waals surface area contributed by atoms with Crippen molar-refractivity contribution in [1.82, 2.24) is 15.5 Å². The first-order chi connectivity index (χ1) is 15.4. The molecule has 6 unspecified atom stereocenters. The normalized spacial score (nSPS) is 20.3. The van der Waals surface area contributed by atoms with Gasteiger partial charge >= 0.3 is 5.97 Å². The van der Waals surface area contributed by atoms with Crippen molar-refractivity contribution in [2.45, 2.75) is 90.4 Å². The van der Waals surface area contributed by atoms with Crippen molar-refractivity contribution in [2.75, 3.05) is 6.54 Å². The number of likely N-dealkylation sites (tertiary alicyclic amines) is 1. The van der Waals surface area contributed by atoms with E-state index >= 15 is 0 Å². The first-order valence-electron chi connectivity index (χ1n) is 11.6. The Kier molecular flexibility index (Phi) is 11.3. The van der Waals surface area contributed by atoms with Gasteiger partial charge in [0.2, 0.25) is 23.6 Å².